The molecule has 24 heavy (non-hydrogen) atoms. The summed E-state index contributed by atoms with van der Waals surface area (Å²) in [7, 11) is 0. The molecule has 0 saturated carbocycles. The summed E-state index contributed by atoms with van der Waals surface area (Å²) in [6.45, 7) is 6.09. The second-order valence-electron chi connectivity index (χ2n) is 5.87. The first-order chi connectivity index (χ1) is 11.4. The molecular weight excluding hydrogens is 330 g/mol. The molecule has 3 N–H and O–H groups in total. The molecule has 136 valence electrons. The maximum Gasteiger partial charge on any atom is 0.328 e. The molecule has 2 unspecified atom stereocenters. The number of nitrogens with zero attached hydrogens (tertiary/aromatic N) is 1. The lowest BCUT2D eigenvalue weighted by molar-refractivity contribution is -0.145. The molecule has 0 radical (unpaired) electrons. The average molecular weight is 357 g/mol. The van der Waals surface area contributed by atoms with E-state index in [4.69, 9.17) is 14.9 Å². The number of hydrogen-bond acceptors (Lipinski definition) is 7. The largest absolute Gasteiger partial charge is 0.464 e. The van der Waals surface area contributed by atoms with Crippen LogP contribution in [0.2, 0.25) is 0 Å². The summed E-state index contributed by atoms with van der Waals surface area (Å²) in [6, 6.07) is -1.06. The van der Waals surface area contributed by atoms with Crippen LogP contribution < -0.4 is 11.1 Å². The van der Waals surface area contributed by atoms with Crippen LogP contribution in [0, 0.1) is 5.92 Å². The summed E-state index contributed by atoms with van der Waals surface area (Å²) in [4.78, 5) is 28.4. The average Bonchev–Trinajstić information content (AvgIpc) is 3.01. The molecule has 0 spiro atoms. The van der Waals surface area contributed by atoms with Crippen molar-refractivity contribution in [3.8, 4) is 0 Å². The monoisotopic (exact) mass is 357 g/mol. The first-order valence-corrected chi connectivity index (χ1v) is 9.45. The number of thioether (sulfide) groups is 1. The Kier molecular flexibility index (Phi) is 8.84. The number of amides is 1. The van der Waals surface area contributed by atoms with E-state index in [1.165, 1.54) is 6.26 Å². The van der Waals surface area contributed by atoms with Crippen LogP contribution in [0.1, 0.15) is 56.0 Å². The molecule has 1 aromatic heterocycles. The number of oxazole rings is 1. The number of esters is 1. The molecular formula is C16H27N3O4S. The van der Waals surface area contributed by atoms with Crippen molar-refractivity contribution in [3.05, 3.63) is 17.8 Å². The second kappa shape index (κ2) is 10.4. The molecule has 8 heteroatoms. The number of rotatable bonds is 10. The fourth-order valence-electron chi connectivity index (χ4n) is 2.13. The number of hydrogen-bond donors (Lipinski definition) is 2. The van der Waals surface area contributed by atoms with Crippen molar-refractivity contribution in [1.82, 2.24) is 10.3 Å². The molecule has 1 rings (SSSR count). The standard InChI is InChI=1S/C16H27N3O4S/c1-5-22-16(21)12(6-7-24-4)18-14(20)13-9-23-15(19-13)11(17)8-10(2)3/h9-12H,5-8,17H2,1-4H3,(H,18,20). The van der Waals surface area contributed by atoms with Crippen molar-refractivity contribution in [1.29, 1.82) is 0 Å². The fraction of sp³-hybridized carbons (Fsp3) is 0.688. The zero-order chi connectivity index (χ0) is 18.1. The van der Waals surface area contributed by atoms with E-state index < -0.39 is 17.9 Å². The molecule has 0 aliphatic rings. The summed E-state index contributed by atoms with van der Waals surface area (Å²) in [5.74, 6) is 0.531. The number of carbonyl (C=O) groups is 2. The number of aromatic nitrogens is 1. The third kappa shape index (κ3) is 6.52. The van der Waals surface area contributed by atoms with Gasteiger partial charge in [-0.15, -0.1) is 0 Å². The molecule has 1 heterocycles. The molecule has 0 aliphatic heterocycles. The first kappa shape index (κ1) is 20.5. The van der Waals surface area contributed by atoms with Gasteiger partial charge in [-0.1, -0.05) is 13.8 Å². The van der Waals surface area contributed by atoms with E-state index in [1.54, 1.807) is 18.7 Å². The Balaban J connectivity index is 2.73. The van der Waals surface area contributed by atoms with Crippen molar-refractivity contribution >= 4 is 23.6 Å². The van der Waals surface area contributed by atoms with Crippen molar-refractivity contribution in [2.45, 2.75) is 45.7 Å². The van der Waals surface area contributed by atoms with Gasteiger partial charge in [0.05, 0.1) is 12.6 Å². The minimum atomic E-state index is -0.700. The van der Waals surface area contributed by atoms with Gasteiger partial charge in [0.2, 0.25) is 5.89 Å². The minimum Gasteiger partial charge on any atom is -0.464 e. The third-order valence-corrected chi connectivity index (χ3v) is 3.93. The topological polar surface area (TPSA) is 107 Å². The van der Waals surface area contributed by atoms with Gasteiger partial charge in [-0.05, 0) is 37.7 Å². The molecule has 0 aromatic carbocycles. The predicted molar refractivity (Wildman–Crippen MR) is 93.8 cm³/mol. The van der Waals surface area contributed by atoms with Crippen molar-refractivity contribution in [2.24, 2.45) is 11.7 Å². The van der Waals surface area contributed by atoms with Crippen LogP contribution in [0.5, 0.6) is 0 Å². The Morgan fingerprint density at radius 2 is 2.17 bits per heavy atom. The van der Waals surface area contributed by atoms with Gasteiger partial charge in [-0.2, -0.15) is 11.8 Å². The summed E-state index contributed by atoms with van der Waals surface area (Å²) < 4.78 is 10.3. The quantitative estimate of drug-likeness (QED) is 0.618. The van der Waals surface area contributed by atoms with Gasteiger partial charge < -0.3 is 20.2 Å². The van der Waals surface area contributed by atoms with Crippen LogP contribution in [-0.2, 0) is 9.53 Å². The van der Waals surface area contributed by atoms with E-state index in [1.807, 2.05) is 20.1 Å². The molecule has 0 bridgehead atoms. The van der Waals surface area contributed by atoms with E-state index in [0.717, 1.165) is 5.75 Å². The van der Waals surface area contributed by atoms with E-state index in [-0.39, 0.29) is 18.3 Å². The van der Waals surface area contributed by atoms with Crippen molar-refractivity contribution < 1.29 is 18.7 Å². The molecule has 0 aliphatic carbocycles. The third-order valence-electron chi connectivity index (χ3n) is 3.28. The number of nitrogens with two attached hydrogens (primary N) is 1. The van der Waals surface area contributed by atoms with Crippen LogP contribution in [0.4, 0.5) is 0 Å². The number of carbonyl (C=O) groups excluding carboxylic acids is 2. The Hall–Kier alpha value is -1.54. The number of ether oxygens (including phenoxy) is 1. The van der Waals surface area contributed by atoms with Crippen LogP contribution in [-0.4, -0.2) is 41.5 Å². The van der Waals surface area contributed by atoms with E-state index in [9.17, 15) is 9.59 Å². The van der Waals surface area contributed by atoms with Gasteiger partial charge in [0.25, 0.3) is 5.91 Å². The number of nitrogens with one attached hydrogen (secondary N) is 1. The summed E-state index contributed by atoms with van der Waals surface area (Å²) in [5, 5.41) is 2.66. The molecule has 0 fully saturated rings. The molecule has 2 atom stereocenters. The van der Waals surface area contributed by atoms with Gasteiger partial charge in [0, 0.05) is 0 Å². The second-order valence-corrected chi connectivity index (χ2v) is 6.85. The lowest BCUT2D eigenvalue weighted by atomic mass is 10.0. The van der Waals surface area contributed by atoms with E-state index in [2.05, 4.69) is 10.3 Å². The first-order valence-electron chi connectivity index (χ1n) is 8.06. The van der Waals surface area contributed by atoms with Gasteiger partial charge >= 0.3 is 5.97 Å². The molecule has 1 aromatic rings. The molecule has 0 saturated heterocycles. The highest BCUT2D eigenvalue weighted by Crippen LogP contribution is 2.18. The lowest BCUT2D eigenvalue weighted by Crippen LogP contribution is -2.42. The lowest BCUT2D eigenvalue weighted by Gasteiger charge is -2.16. The Morgan fingerprint density at radius 3 is 2.75 bits per heavy atom. The van der Waals surface area contributed by atoms with Gasteiger partial charge in [-0.3, -0.25) is 4.79 Å². The van der Waals surface area contributed by atoms with Gasteiger partial charge in [0.15, 0.2) is 5.69 Å². The highest BCUT2D eigenvalue weighted by molar-refractivity contribution is 7.98. The van der Waals surface area contributed by atoms with Crippen molar-refractivity contribution in [3.63, 3.8) is 0 Å². The van der Waals surface area contributed by atoms with Crippen molar-refractivity contribution in [2.75, 3.05) is 18.6 Å². The summed E-state index contributed by atoms with van der Waals surface area (Å²) in [6.07, 6.45) is 4.40. The Bertz CT molecular complexity index is 533. The van der Waals surface area contributed by atoms with Crippen LogP contribution in [0.25, 0.3) is 0 Å². The highest BCUT2D eigenvalue weighted by Gasteiger charge is 2.24. The maximum absolute atomic E-state index is 12.3. The Morgan fingerprint density at radius 1 is 1.46 bits per heavy atom. The Labute approximate surface area is 147 Å². The maximum atomic E-state index is 12.3. The molecule has 7 nitrogen and oxygen atoms in total. The van der Waals surface area contributed by atoms with Crippen LogP contribution >= 0.6 is 11.8 Å². The fourth-order valence-corrected chi connectivity index (χ4v) is 2.60. The summed E-state index contributed by atoms with van der Waals surface area (Å²) in [5.41, 5.74) is 6.11. The predicted octanol–water partition coefficient (Wildman–Crippen LogP) is 2.14. The van der Waals surface area contributed by atoms with Gasteiger partial charge in [0.1, 0.15) is 12.3 Å². The van der Waals surface area contributed by atoms with Gasteiger partial charge in [-0.25, -0.2) is 9.78 Å². The van der Waals surface area contributed by atoms with E-state index >= 15 is 0 Å². The highest BCUT2D eigenvalue weighted by atomic mass is 32.2. The SMILES string of the molecule is CCOC(=O)C(CCSC)NC(=O)c1coc(C(N)CC(C)C)n1. The normalized spacial score (nSPS) is 13.6. The van der Waals surface area contributed by atoms with E-state index in [0.29, 0.717) is 24.7 Å². The van der Waals surface area contributed by atoms with Crippen LogP contribution in [0.3, 0.4) is 0 Å². The van der Waals surface area contributed by atoms with Crippen LogP contribution in [0.15, 0.2) is 10.7 Å². The summed E-state index contributed by atoms with van der Waals surface area (Å²) >= 11 is 1.59. The minimum absolute atomic E-state index is 0.114. The smallest absolute Gasteiger partial charge is 0.328 e. The zero-order valence-corrected chi connectivity index (χ0v) is 15.5. The molecule has 1 amide bonds. The zero-order valence-electron chi connectivity index (χ0n) is 14.7.